The highest BCUT2D eigenvalue weighted by molar-refractivity contribution is 6.31. The van der Waals surface area contributed by atoms with Crippen molar-refractivity contribution in [1.82, 2.24) is 14.9 Å². The number of nitrogens with one attached hydrogen (secondary N) is 1. The summed E-state index contributed by atoms with van der Waals surface area (Å²) in [5.41, 5.74) is 3.48. The Hall–Kier alpha value is -2.78. The Labute approximate surface area is 202 Å². The summed E-state index contributed by atoms with van der Waals surface area (Å²) in [7, 11) is 0. The van der Waals surface area contributed by atoms with Gasteiger partial charge in [-0.1, -0.05) is 11.6 Å². The lowest BCUT2D eigenvalue weighted by molar-refractivity contribution is -0.000537. The van der Waals surface area contributed by atoms with Crippen LogP contribution >= 0.6 is 11.6 Å². The first kappa shape index (κ1) is 23.0. The Morgan fingerprint density at radius 2 is 2.00 bits per heavy atom. The van der Waals surface area contributed by atoms with Gasteiger partial charge in [0.05, 0.1) is 29.3 Å². The summed E-state index contributed by atoms with van der Waals surface area (Å²) in [6.45, 7) is 6.31. The Morgan fingerprint density at radius 3 is 2.76 bits per heavy atom. The first-order valence-corrected chi connectivity index (χ1v) is 11.7. The van der Waals surface area contributed by atoms with E-state index in [9.17, 15) is 9.50 Å². The highest BCUT2D eigenvalue weighted by Gasteiger charge is 2.41. The third kappa shape index (κ3) is 4.34. The Balaban J connectivity index is 1.48. The molecule has 2 aromatic carbocycles. The number of fused-ring (bicyclic) bond motifs is 1. The van der Waals surface area contributed by atoms with Gasteiger partial charge in [0.25, 0.3) is 0 Å². The van der Waals surface area contributed by atoms with Gasteiger partial charge in [0, 0.05) is 49.2 Å². The van der Waals surface area contributed by atoms with Gasteiger partial charge in [-0.05, 0) is 55.3 Å². The van der Waals surface area contributed by atoms with Crippen LogP contribution in [0.4, 0.5) is 21.6 Å². The van der Waals surface area contributed by atoms with E-state index >= 15 is 0 Å². The standard InChI is InChI=1S/C25H27ClFN5O2/c1-25(32-7-10-34-11-8-32)15-31(14-17(25)6-9-33)19-3-5-23-20(13-19)24(29-16-28-23)30-18-2-4-22(27)21(26)12-18/h2-5,12-14,16,33H,6-11,15H2,1H3,(H,28,29,30). The molecule has 1 atom stereocenters. The van der Waals surface area contributed by atoms with E-state index in [2.05, 4.69) is 44.3 Å². The number of hydrogen-bond acceptors (Lipinski definition) is 7. The van der Waals surface area contributed by atoms with Crippen molar-refractivity contribution in [3.63, 3.8) is 0 Å². The second-order valence-electron chi connectivity index (χ2n) is 8.81. The first-order chi connectivity index (χ1) is 16.5. The zero-order valence-corrected chi connectivity index (χ0v) is 19.7. The average molecular weight is 484 g/mol. The molecule has 0 saturated carbocycles. The SMILES string of the molecule is CC1(N2CCOCC2)CN(c2ccc3ncnc(Nc4ccc(F)c(Cl)c4)c3c2)C=C1CCO. The van der Waals surface area contributed by atoms with E-state index in [0.29, 0.717) is 17.9 Å². The maximum Gasteiger partial charge on any atom is 0.141 e. The molecule has 178 valence electrons. The molecule has 7 nitrogen and oxygen atoms in total. The zero-order valence-electron chi connectivity index (χ0n) is 19.0. The number of ether oxygens (including phenoxy) is 1. The van der Waals surface area contributed by atoms with Crippen molar-refractivity contribution < 1.29 is 14.2 Å². The number of halogens is 2. The lowest BCUT2D eigenvalue weighted by Crippen LogP contribution is -2.55. The third-order valence-corrected chi connectivity index (χ3v) is 6.99. The fourth-order valence-electron chi connectivity index (χ4n) is 4.82. The van der Waals surface area contributed by atoms with Crippen molar-refractivity contribution in [3.8, 4) is 0 Å². The van der Waals surface area contributed by atoms with Gasteiger partial charge in [-0.15, -0.1) is 0 Å². The van der Waals surface area contributed by atoms with Gasteiger partial charge in [-0.3, -0.25) is 4.90 Å². The van der Waals surface area contributed by atoms with Crippen molar-refractivity contribution in [2.75, 3.05) is 49.7 Å². The summed E-state index contributed by atoms with van der Waals surface area (Å²) in [6, 6.07) is 10.6. The zero-order chi connectivity index (χ0) is 23.7. The fourth-order valence-corrected chi connectivity index (χ4v) is 5.00. The maximum absolute atomic E-state index is 13.6. The quantitative estimate of drug-likeness (QED) is 0.540. The third-order valence-electron chi connectivity index (χ3n) is 6.70. The van der Waals surface area contributed by atoms with Crippen LogP contribution in [0.25, 0.3) is 10.9 Å². The normalized spacial score (nSPS) is 21.2. The minimum absolute atomic E-state index is 0.0464. The molecule has 2 N–H and O–H groups in total. The van der Waals surface area contributed by atoms with E-state index in [1.54, 1.807) is 6.07 Å². The highest BCUT2D eigenvalue weighted by atomic mass is 35.5. The van der Waals surface area contributed by atoms with Crippen LogP contribution in [0.2, 0.25) is 5.02 Å². The van der Waals surface area contributed by atoms with Gasteiger partial charge < -0.3 is 20.1 Å². The molecule has 1 saturated heterocycles. The Bertz CT molecular complexity index is 1230. The second kappa shape index (κ2) is 9.46. The molecular weight excluding hydrogens is 457 g/mol. The molecule has 5 rings (SSSR count). The molecule has 1 aromatic heterocycles. The van der Waals surface area contributed by atoms with Crippen LogP contribution in [0.3, 0.4) is 0 Å². The number of nitrogens with zero attached hydrogens (tertiary/aromatic N) is 4. The maximum atomic E-state index is 13.6. The van der Waals surface area contributed by atoms with Crippen molar-refractivity contribution in [1.29, 1.82) is 0 Å². The summed E-state index contributed by atoms with van der Waals surface area (Å²) in [5.74, 6) is 0.147. The van der Waals surface area contributed by atoms with E-state index in [4.69, 9.17) is 16.3 Å². The van der Waals surface area contributed by atoms with E-state index in [0.717, 1.165) is 49.4 Å². The van der Waals surface area contributed by atoms with Crippen LogP contribution in [0, 0.1) is 5.82 Å². The van der Waals surface area contributed by atoms with E-state index in [-0.39, 0.29) is 17.2 Å². The largest absolute Gasteiger partial charge is 0.396 e. The van der Waals surface area contributed by atoms with Crippen LogP contribution < -0.4 is 10.2 Å². The van der Waals surface area contributed by atoms with Crippen molar-refractivity contribution in [3.05, 3.63) is 65.3 Å². The van der Waals surface area contributed by atoms with Crippen LogP contribution in [0.5, 0.6) is 0 Å². The van der Waals surface area contributed by atoms with Crippen LogP contribution in [0.1, 0.15) is 13.3 Å². The number of aliphatic hydroxyl groups excluding tert-OH is 1. The molecule has 1 unspecified atom stereocenters. The number of aromatic nitrogens is 2. The van der Waals surface area contributed by atoms with E-state index < -0.39 is 5.82 Å². The van der Waals surface area contributed by atoms with Crippen LogP contribution in [-0.2, 0) is 4.74 Å². The highest BCUT2D eigenvalue weighted by Crippen LogP contribution is 2.38. The van der Waals surface area contributed by atoms with Crippen molar-refractivity contribution >= 4 is 39.7 Å². The van der Waals surface area contributed by atoms with E-state index in [1.807, 2.05) is 12.1 Å². The number of hydrogen-bond donors (Lipinski definition) is 2. The van der Waals surface area contributed by atoms with Gasteiger partial charge in [0.1, 0.15) is 18.0 Å². The van der Waals surface area contributed by atoms with Crippen molar-refractivity contribution in [2.24, 2.45) is 0 Å². The summed E-state index contributed by atoms with van der Waals surface area (Å²) >= 11 is 5.95. The van der Waals surface area contributed by atoms with Crippen LogP contribution in [0.15, 0.2) is 54.5 Å². The predicted molar refractivity (Wildman–Crippen MR) is 132 cm³/mol. The molecule has 2 aliphatic rings. The Morgan fingerprint density at radius 1 is 1.18 bits per heavy atom. The molecule has 0 spiro atoms. The molecule has 0 amide bonds. The second-order valence-corrected chi connectivity index (χ2v) is 9.21. The fraction of sp³-hybridized carbons (Fsp3) is 0.360. The minimum atomic E-state index is -0.468. The van der Waals surface area contributed by atoms with Crippen LogP contribution in [-0.4, -0.2) is 65.0 Å². The minimum Gasteiger partial charge on any atom is -0.396 e. The molecule has 0 aliphatic carbocycles. The molecule has 1 fully saturated rings. The van der Waals surface area contributed by atoms with Gasteiger partial charge >= 0.3 is 0 Å². The molecule has 3 aromatic rings. The summed E-state index contributed by atoms with van der Waals surface area (Å²) < 4.78 is 19.1. The summed E-state index contributed by atoms with van der Waals surface area (Å²) in [4.78, 5) is 13.5. The smallest absolute Gasteiger partial charge is 0.141 e. The Kier molecular flexibility index (Phi) is 6.40. The topological polar surface area (TPSA) is 73.8 Å². The summed E-state index contributed by atoms with van der Waals surface area (Å²) in [6.07, 6.45) is 4.28. The van der Waals surface area contributed by atoms with E-state index in [1.165, 1.54) is 24.0 Å². The van der Waals surface area contributed by atoms with Crippen molar-refractivity contribution in [2.45, 2.75) is 18.9 Å². The average Bonchev–Trinajstić information content (AvgIpc) is 3.19. The van der Waals surface area contributed by atoms with Gasteiger partial charge in [0.15, 0.2) is 0 Å². The number of anilines is 3. The van der Waals surface area contributed by atoms with Gasteiger partial charge in [-0.2, -0.15) is 0 Å². The summed E-state index contributed by atoms with van der Waals surface area (Å²) in [5, 5.41) is 13.8. The molecule has 3 heterocycles. The first-order valence-electron chi connectivity index (χ1n) is 11.4. The molecular formula is C25H27ClFN5O2. The van der Waals surface area contributed by atoms with Gasteiger partial charge in [0.2, 0.25) is 0 Å². The molecule has 34 heavy (non-hydrogen) atoms. The number of morpholine rings is 1. The number of benzene rings is 2. The lowest BCUT2D eigenvalue weighted by atomic mass is 9.90. The molecule has 0 bridgehead atoms. The molecule has 9 heteroatoms. The molecule has 2 aliphatic heterocycles. The monoisotopic (exact) mass is 483 g/mol. The predicted octanol–water partition coefficient (Wildman–Crippen LogP) is 4.34. The number of rotatable bonds is 6. The lowest BCUT2D eigenvalue weighted by Gasteiger charge is -2.42. The van der Waals surface area contributed by atoms with Gasteiger partial charge in [-0.25, -0.2) is 14.4 Å². The number of aliphatic hydroxyl groups is 1. The molecule has 0 radical (unpaired) electrons.